The summed E-state index contributed by atoms with van der Waals surface area (Å²) in [5.74, 6) is 0.684. The number of amides is 1. The molecule has 17 heavy (non-hydrogen) atoms. The lowest BCUT2D eigenvalue weighted by Gasteiger charge is -2.23. The summed E-state index contributed by atoms with van der Waals surface area (Å²) in [4.78, 5) is 13.9. The van der Waals surface area contributed by atoms with Gasteiger partial charge in [-0.1, -0.05) is 6.92 Å². The van der Waals surface area contributed by atoms with Crippen molar-refractivity contribution >= 4 is 5.91 Å². The van der Waals surface area contributed by atoms with Gasteiger partial charge in [0.2, 0.25) is 5.91 Å². The Kier molecular flexibility index (Phi) is 4.40. The molecule has 0 aromatic carbocycles. The number of nitrogens with two attached hydrogens (primary N) is 1. The van der Waals surface area contributed by atoms with Gasteiger partial charge in [-0.2, -0.15) is 0 Å². The molecule has 2 rings (SSSR count). The highest BCUT2D eigenvalue weighted by molar-refractivity contribution is 5.76. The average Bonchev–Trinajstić information content (AvgIpc) is 2.68. The Morgan fingerprint density at radius 1 is 1.41 bits per heavy atom. The molecule has 1 amide bonds. The smallest absolute Gasteiger partial charge is 0.222 e. The van der Waals surface area contributed by atoms with Crippen molar-refractivity contribution in [3.63, 3.8) is 0 Å². The summed E-state index contributed by atoms with van der Waals surface area (Å²) in [6.07, 6.45) is 5.32. The second-order valence-electron chi connectivity index (χ2n) is 5.47. The Morgan fingerprint density at radius 2 is 2.24 bits per heavy atom. The van der Waals surface area contributed by atoms with Gasteiger partial charge in [-0.3, -0.25) is 4.79 Å². The molecule has 2 N–H and O–H groups in total. The summed E-state index contributed by atoms with van der Waals surface area (Å²) >= 11 is 0. The van der Waals surface area contributed by atoms with Crippen molar-refractivity contribution in [2.75, 3.05) is 19.7 Å². The lowest BCUT2D eigenvalue weighted by atomic mass is 10.0. The van der Waals surface area contributed by atoms with Crippen LogP contribution >= 0.6 is 0 Å². The van der Waals surface area contributed by atoms with E-state index in [0.29, 0.717) is 18.4 Å². The molecule has 4 heteroatoms. The highest BCUT2D eigenvalue weighted by atomic mass is 16.5. The summed E-state index contributed by atoms with van der Waals surface area (Å²) in [6.45, 7) is 4.53. The minimum absolute atomic E-state index is 0.157. The number of hydrogen-bond acceptors (Lipinski definition) is 3. The van der Waals surface area contributed by atoms with Gasteiger partial charge in [0.25, 0.3) is 0 Å². The molecular weight excluding hydrogens is 216 g/mol. The summed E-state index contributed by atoms with van der Waals surface area (Å²) < 4.78 is 5.64. The van der Waals surface area contributed by atoms with Crippen LogP contribution in [0.5, 0.6) is 0 Å². The van der Waals surface area contributed by atoms with Crippen molar-refractivity contribution in [2.24, 2.45) is 11.7 Å². The van der Waals surface area contributed by atoms with Crippen molar-refractivity contribution in [3.8, 4) is 0 Å². The number of carbonyl (C=O) groups excluding carboxylic acids is 1. The number of carbonyl (C=O) groups is 1. The Hall–Kier alpha value is -0.610. The zero-order valence-corrected chi connectivity index (χ0v) is 10.7. The molecule has 0 aromatic rings. The third-order valence-corrected chi connectivity index (χ3v) is 3.98. The first-order valence-electron chi connectivity index (χ1n) is 6.82. The quantitative estimate of drug-likeness (QED) is 0.805. The van der Waals surface area contributed by atoms with Gasteiger partial charge in [-0.25, -0.2) is 0 Å². The Morgan fingerprint density at radius 3 is 2.82 bits per heavy atom. The molecule has 2 heterocycles. The molecule has 0 bridgehead atoms. The van der Waals surface area contributed by atoms with E-state index in [0.717, 1.165) is 32.5 Å². The number of ether oxygens (including phenoxy) is 1. The molecule has 0 aromatic heterocycles. The Labute approximate surface area is 103 Å². The number of nitrogens with zero attached hydrogens (tertiary/aromatic N) is 1. The van der Waals surface area contributed by atoms with Crippen molar-refractivity contribution in [3.05, 3.63) is 0 Å². The van der Waals surface area contributed by atoms with Crippen molar-refractivity contribution in [1.29, 1.82) is 0 Å². The van der Waals surface area contributed by atoms with Crippen molar-refractivity contribution in [1.82, 2.24) is 4.90 Å². The molecule has 2 saturated heterocycles. The maximum atomic E-state index is 12.0. The molecular formula is C13H24N2O2. The maximum Gasteiger partial charge on any atom is 0.222 e. The summed E-state index contributed by atoms with van der Waals surface area (Å²) in [5, 5.41) is 0. The molecule has 3 unspecified atom stereocenters. The molecule has 2 aliphatic heterocycles. The van der Waals surface area contributed by atoms with Crippen molar-refractivity contribution < 1.29 is 9.53 Å². The number of hydrogen-bond donors (Lipinski definition) is 1. The van der Waals surface area contributed by atoms with Gasteiger partial charge in [0.05, 0.1) is 6.10 Å². The molecule has 2 aliphatic rings. The highest BCUT2D eigenvalue weighted by Crippen LogP contribution is 2.20. The predicted molar refractivity (Wildman–Crippen MR) is 66.5 cm³/mol. The van der Waals surface area contributed by atoms with Crippen LogP contribution in [0.2, 0.25) is 0 Å². The van der Waals surface area contributed by atoms with Crippen LogP contribution in [0.15, 0.2) is 0 Å². The van der Waals surface area contributed by atoms with Crippen LogP contribution in [0.1, 0.15) is 39.0 Å². The first-order valence-corrected chi connectivity index (χ1v) is 6.82. The van der Waals surface area contributed by atoms with Crippen LogP contribution in [0.3, 0.4) is 0 Å². The minimum Gasteiger partial charge on any atom is -0.378 e. The molecule has 2 fully saturated rings. The topological polar surface area (TPSA) is 55.6 Å². The van der Waals surface area contributed by atoms with E-state index in [1.807, 2.05) is 4.90 Å². The summed E-state index contributed by atoms with van der Waals surface area (Å²) in [5.41, 5.74) is 5.93. The lowest BCUT2D eigenvalue weighted by Crippen LogP contribution is -2.32. The fraction of sp³-hybridized carbons (Fsp3) is 0.923. The van der Waals surface area contributed by atoms with Crippen LogP contribution in [0.25, 0.3) is 0 Å². The van der Waals surface area contributed by atoms with Crippen LogP contribution in [0.4, 0.5) is 0 Å². The Balaban J connectivity index is 1.70. The Bertz CT molecular complexity index is 254. The van der Waals surface area contributed by atoms with E-state index in [-0.39, 0.29) is 11.9 Å². The highest BCUT2D eigenvalue weighted by Gasteiger charge is 2.29. The largest absolute Gasteiger partial charge is 0.378 e. The molecule has 4 nitrogen and oxygen atoms in total. The molecule has 0 spiro atoms. The van der Waals surface area contributed by atoms with Crippen molar-refractivity contribution in [2.45, 2.75) is 51.2 Å². The summed E-state index contributed by atoms with van der Waals surface area (Å²) in [6, 6.07) is 0.157. The van der Waals surface area contributed by atoms with Gasteiger partial charge in [0.1, 0.15) is 0 Å². The molecule has 0 radical (unpaired) electrons. The third-order valence-electron chi connectivity index (χ3n) is 3.98. The van der Waals surface area contributed by atoms with E-state index < -0.39 is 0 Å². The summed E-state index contributed by atoms with van der Waals surface area (Å²) in [7, 11) is 0. The maximum absolute atomic E-state index is 12.0. The van der Waals surface area contributed by atoms with Gasteiger partial charge < -0.3 is 15.4 Å². The van der Waals surface area contributed by atoms with Gasteiger partial charge in [-0.05, 0) is 31.6 Å². The number of likely N-dealkylation sites (tertiary alicyclic amines) is 1. The van der Waals surface area contributed by atoms with Crippen LogP contribution in [-0.4, -0.2) is 42.6 Å². The van der Waals surface area contributed by atoms with E-state index in [9.17, 15) is 4.79 Å². The standard InChI is InChI=1S/C13H24N2O2/c1-10-8-15(9-12(10)14)13(16)6-5-11-4-2-3-7-17-11/h10-12H,2-9,14H2,1H3. The normalized spacial score (nSPS) is 34.0. The first kappa shape index (κ1) is 12.8. The number of rotatable bonds is 3. The fourth-order valence-corrected chi connectivity index (χ4v) is 2.67. The van der Waals surface area contributed by atoms with E-state index in [4.69, 9.17) is 10.5 Å². The van der Waals surface area contributed by atoms with Gasteiger partial charge >= 0.3 is 0 Å². The monoisotopic (exact) mass is 240 g/mol. The zero-order chi connectivity index (χ0) is 12.3. The zero-order valence-electron chi connectivity index (χ0n) is 10.7. The lowest BCUT2D eigenvalue weighted by molar-refractivity contribution is -0.131. The van der Waals surface area contributed by atoms with Crippen LogP contribution < -0.4 is 5.73 Å². The van der Waals surface area contributed by atoms with E-state index in [2.05, 4.69) is 6.92 Å². The minimum atomic E-state index is 0.157. The van der Waals surface area contributed by atoms with Crippen LogP contribution in [-0.2, 0) is 9.53 Å². The fourth-order valence-electron chi connectivity index (χ4n) is 2.67. The van der Waals surface area contributed by atoms with E-state index in [1.165, 1.54) is 12.8 Å². The molecule has 98 valence electrons. The predicted octanol–water partition coefficient (Wildman–Crippen LogP) is 1.14. The first-order chi connectivity index (χ1) is 8.16. The molecule has 0 saturated carbocycles. The van der Waals surface area contributed by atoms with Gasteiger partial charge in [-0.15, -0.1) is 0 Å². The second kappa shape index (κ2) is 5.83. The van der Waals surface area contributed by atoms with E-state index in [1.54, 1.807) is 0 Å². The third kappa shape index (κ3) is 3.42. The van der Waals surface area contributed by atoms with Crippen LogP contribution in [0, 0.1) is 5.92 Å². The van der Waals surface area contributed by atoms with Gasteiger partial charge in [0.15, 0.2) is 0 Å². The second-order valence-corrected chi connectivity index (χ2v) is 5.47. The SMILES string of the molecule is CC1CN(C(=O)CCC2CCCCO2)CC1N. The molecule has 0 aliphatic carbocycles. The van der Waals surface area contributed by atoms with Gasteiger partial charge in [0, 0.05) is 32.2 Å². The molecule has 3 atom stereocenters. The average molecular weight is 240 g/mol. The van der Waals surface area contributed by atoms with E-state index >= 15 is 0 Å².